The minimum Gasteiger partial charge on any atom is -0.497 e. The largest absolute Gasteiger partial charge is 0.497 e. The summed E-state index contributed by atoms with van der Waals surface area (Å²) in [6.45, 7) is 5.42. The Morgan fingerprint density at radius 2 is 1.76 bits per heavy atom. The molecule has 1 amide bonds. The van der Waals surface area contributed by atoms with Crippen molar-refractivity contribution >= 4 is 11.9 Å². The van der Waals surface area contributed by atoms with Crippen molar-refractivity contribution in [1.82, 2.24) is 5.32 Å². The molecule has 6 heteroatoms. The predicted octanol–water partition coefficient (Wildman–Crippen LogP) is 2.73. The van der Waals surface area contributed by atoms with Gasteiger partial charge in [0.2, 0.25) is 0 Å². The van der Waals surface area contributed by atoms with Gasteiger partial charge in [-0.3, -0.25) is 4.79 Å². The van der Waals surface area contributed by atoms with Crippen molar-refractivity contribution in [2.75, 3.05) is 20.3 Å². The number of carbonyl (C=O) groups excluding carboxylic acids is 2. The minimum absolute atomic E-state index is 0.315. The fourth-order valence-corrected chi connectivity index (χ4v) is 2.49. The van der Waals surface area contributed by atoms with Gasteiger partial charge in [-0.25, -0.2) is 4.79 Å². The van der Waals surface area contributed by atoms with Gasteiger partial charge in [-0.2, -0.15) is 0 Å². The molecule has 0 atom stereocenters. The lowest BCUT2D eigenvalue weighted by atomic mass is 10.1. The van der Waals surface area contributed by atoms with Gasteiger partial charge in [0.05, 0.1) is 7.11 Å². The number of methoxy groups -OCH3 is 1. The first-order valence-electron chi connectivity index (χ1n) is 8.05. The summed E-state index contributed by atoms with van der Waals surface area (Å²) in [5.74, 6) is 1.09. The van der Waals surface area contributed by atoms with Crippen molar-refractivity contribution in [2.24, 2.45) is 0 Å². The molecule has 25 heavy (non-hydrogen) atoms. The van der Waals surface area contributed by atoms with Crippen molar-refractivity contribution in [3.63, 3.8) is 0 Å². The highest BCUT2D eigenvalue weighted by atomic mass is 16.5. The Bertz CT molecular complexity index is 746. The van der Waals surface area contributed by atoms with Gasteiger partial charge in [0.25, 0.3) is 5.91 Å². The van der Waals surface area contributed by atoms with Crippen LogP contribution in [-0.4, -0.2) is 32.1 Å². The summed E-state index contributed by atoms with van der Waals surface area (Å²) in [6.07, 6.45) is 0.683. The molecular weight excluding hydrogens is 322 g/mol. The third kappa shape index (κ3) is 4.86. The van der Waals surface area contributed by atoms with E-state index in [9.17, 15) is 9.59 Å². The van der Waals surface area contributed by atoms with E-state index in [2.05, 4.69) is 5.32 Å². The summed E-state index contributed by atoms with van der Waals surface area (Å²) in [6, 6.07) is 7.63. The van der Waals surface area contributed by atoms with Crippen LogP contribution < -0.4 is 10.1 Å². The zero-order valence-corrected chi connectivity index (χ0v) is 15.0. The number of aryl methyl sites for hydroxylation is 2. The van der Waals surface area contributed by atoms with Crippen LogP contribution in [0.3, 0.4) is 0 Å². The third-order valence-electron chi connectivity index (χ3n) is 3.99. The highest BCUT2D eigenvalue weighted by molar-refractivity contribution is 5.93. The van der Waals surface area contributed by atoms with Crippen LogP contribution in [0.2, 0.25) is 0 Å². The van der Waals surface area contributed by atoms with E-state index in [-0.39, 0.29) is 12.5 Å². The molecule has 0 fully saturated rings. The summed E-state index contributed by atoms with van der Waals surface area (Å²) in [7, 11) is 1.62. The van der Waals surface area contributed by atoms with Crippen molar-refractivity contribution in [3.8, 4) is 5.75 Å². The standard InChI is InChI=1S/C19H23NO5/c1-12-13(2)25-14(3)18(12)19(22)24-11-17(21)20-10-9-15-5-7-16(23-4)8-6-15/h5-8H,9-11H2,1-4H3,(H,20,21). The maximum Gasteiger partial charge on any atom is 0.342 e. The molecule has 134 valence electrons. The molecule has 2 rings (SSSR count). The summed E-state index contributed by atoms with van der Waals surface area (Å²) in [4.78, 5) is 23.9. The zero-order chi connectivity index (χ0) is 18.4. The number of furan rings is 1. The second-order valence-corrected chi connectivity index (χ2v) is 5.74. The average molecular weight is 345 g/mol. The molecule has 0 saturated carbocycles. The number of rotatable bonds is 7. The highest BCUT2D eigenvalue weighted by Crippen LogP contribution is 2.21. The Hall–Kier alpha value is -2.76. The molecular formula is C19H23NO5. The highest BCUT2D eigenvalue weighted by Gasteiger charge is 2.20. The van der Waals surface area contributed by atoms with Crippen LogP contribution in [0.1, 0.15) is 33.0 Å². The molecule has 1 N–H and O–H groups in total. The molecule has 1 aromatic carbocycles. The number of ether oxygens (including phenoxy) is 2. The van der Waals surface area contributed by atoms with E-state index in [4.69, 9.17) is 13.9 Å². The first-order chi connectivity index (χ1) is 11.9. The van der Waals surface area contributed by atoms with E-state index in [0.717, 1.165) is 16.9 Å². The first kappa shape index (κ1) is 18.6. The molecule has 0 spiro atoms. The average Bonchev–Trinajstić information content (AvgIpc) is 2.85. The molecule has 2 aromatic rings. The topological polar surface area (TPSA) is 77.8 Å². The van der Waals surface area contributed by atoms with Gasteiger partial charge in [0.1, 0.15) is 22.8 Å². The summed E-state index contributed by atoms with van der Waals surface area (Å²) >= 11 is 0. The molecule has 0 aliphatic heterocycles. The molecule has 0 aliphatic carbocycles. The zero-order valence-electron chi connectivity index (χ0n) is 15.0. The maximum absolute atomic E-state index is 12.1. The molecule has 0 saturated heterocycles. The van der Waals surface area contributed by atoms with E-state index < -0.39 is 5.97 Å². The van der Waals surface area contributed by atoms with E-state index in [1.807, 2.05) is 24.3 Å². The van der Waals surface area contributed by atoms with Gasteiger partial charge in [-0.05, 0) is 44.9 Å². The van der Waals surface area contributed by atoms with Crippen molar-refractivity contribution in [1.29, 1.82) is 0 Å². The van der Waals surface area contributed by atoms with Crippen LogP contribution in [-0.2, 0) is 16.0 Å². The van der Waals surface area contributed by atoms with Crippen LogP contribution in [0.4, 0.5) is 0 Å². The van der Waals surface area contributed by atoms with E-state index in [1.54, 1.807) is 27.9 Å². The Balaban J connectivity index is 1.75. The fourth-order valence-electron chi connectivity index (χ4n) is 2.49. The first-order valence-corrected chi connectivity index (χ1v) is 8.05. The lowest BCUT2D eigenvalue weighted by Crippen LogP contribution is -2.30. The van der Waals surface area contributed by atoms with E-state index in [0.29, 0.717) is 30.0 Å². The minimum atomic E-state index is -0.544. The van der Waals surface area contributed by atoms with E-state index in [1.165, 1.54) is 0 Å². The Morgan fingerprint density at radius 1 is 1.08 bits per heavy atom. The molecule has 0 aliphatic rings. The lowest BCUT2D eigenvalue weighted by molar-refractivity contribution is -0.124. The Kier molecular flexibility index (Phi) is 6.22. The van der Waals surface area contributed by atoms with Gasteiger partial charge in [0, 0.05) is 12.1 Å². The van der Waals surface area contributed by atoms with Gasteiger partial charge in [-0.15, -0.1) is 0 Å². The molecule has 1 aromatic heterocycles. The molecule has 0 radical (unpaired) electrons. The van der Waals surface area contributed by atoms with Crippen molar-refractivity contribution < 1.29 is 23.5 Å². The van der Waals surface area contributed by atoms with Crippen molar-refractivity contribution in [3.05, 3.63) is 52.5 Å². The second kappa shape index (κ2) is 8.37. The number of benzene rings is 1. The predicted molar refractivity (Wildman–Crippen MR) is 92.9 cm³/mol. The number of carbonyl (C=O) groups is 2. The number of amides is 1. The second-order valence-electron chi connectivity index (χ2n) is 5.74. The Labute approximate surface area is 147 Å². The van der Waals surface area contributed by atoms with Gasteiger partial charge in [-0.1, -0.05) is 12.1 Å². The van der Waals surface area contributed by atoms with Crippen molar-refractivity contribution in [2.45, 2.75) is 27.2 Å². The van der Waals surface area contributed by atoms with Crippen LogP contribution in [0.15, 0.2) is 28.7 Å². The number of esters is 1. The lowest BCUT2D eigenvalue weighted by Gasteiger charge is -2.07. The molecule has 1 heterocycles. The summed E-state index contributed by atoms with van der Waals surface area (Å²) < 4.78 is 15.6. The SMILES string of the molecule is COc1ccc(CCNC(=O)COC(=O)c2c(C)oc(C)c2C)cc1. The van der Waals surface area contributed by atoms with Crippen LogP contribution >= 0.6 is 0 Å². The smallest absolute Gasteiger partial charge is 0.342 e. The molecule has 0 bridgehead atoms. The number of nitrogens with one attached hydrogen (secondary N) is 1. The maximum atomic E-state index is 12.1. The monoisotopic (exact) mass is 345 g/mol. The van der Waals surface area contributed by atoms with Crippen LogP contribution in [0, 0.1) is 20.8 Å². The van der Waals surface area contributed by atoms with Crippen LogP contribution in [0.25, 0.3) is 0 Å². The quantitative estimate of drug-likeness (QED) is 0.781. The van der Waals surface area contributed by atoms with Gasteiger partial charge < -0.3 is 19.2 Å². The number of hydrogen-bond donors (Lipinski definition) is 1. The number of hydrogen-bond acceptors (Lipinski definition) is 5. The van der Waals surface area contributed by atoms with E-state index >= 15 is 0 Å². The molecule has 6 nitrogen and oxygen atoms in total. The molecule has 0 unspecified atom stereocenters. The third-order valence-corrected chi connectivity index (χ3v) is 3.99. The summed E-state index contributed by atoms with van der Waals surface area (Å²) in [5, 5.41) is 2.73. The van der Waals surface area contributed by atoms with Crippen LogP contribution in [0.5, 0.6) is 5.75 Å². The van der Waals surface area contributed by atoms with Gasteiger partial charge >= 0.3 is 5.97 Å². The van der Waals surface area contributed by atoms with Gasteiger partial charge in [0.15, 0.2) is 6.61 Å². The fraction of sp³-hybridized carbons (Fsp3) is 0.368. The normalized spacial score (nSPS) is 10.4. The summed E-state index contributed by atoms with van der Waals surface area (Å²) in [5.41, 5.74) is 2.21. The Morgan fingerprint density at radius 3 is 2.32 bits per heavy atom.